The first-order valence-corrected chi connectivity index (χ1v) is 5.80. The molecule has 0 aliphatic carbocycles. The van der Waals surface area contributed by atoms with Crippen LogP contribution in [0.15, 0.2) is 35.2 Å². The molecule has 2 aromatic rings. The van der Waals surface area contributed by atoms with Gasteiger partial charge in [-0.25, -0.2) is 0 Å². The summed E-state index contributed by atoms with van der Waals surface area (Å²) in [4.78, 5) is -0.224. The molecule has 0 unspecified atom stereocenters. The van der Waals surface area contributed by atoms with E-state index < -0.39 is 10.1 Å². The van der Waals surface area contributed by atoms with Gasteiger partial charge in [-0.15, -0.1) is 0 Å². The number of hydrogen-bond donors (Lipinski definition) is 2. The second-order valence-electron chi connectivity index (χ2n) is 3.34. The molecular weight excluding hydrogens is 253 g/mol. The molecule has 0 radical (unpaired) electrons. The molecule has 17 heavy (non-hydrogen) atoms. The summed E-state index contributed by atoms with van der Waals surface area (Å²) in [7, 11) is -4.24. The molecule has 0 aliphatic rings. The fourth-order valence-corrected chi connectivity index (χ4v) is 1.99. The zero-order valence-electron chi connectivity index (χ0n) is 9.04. The first-order valence-electron chi connectivity index (χ1n) is 4.36. The van der Waals surface area contributed by atoms with Crippen LogP contribution in [-0.2, 0) is 10.1 Å². The Balaban J connectivity index is 0.00000144. The van der Waals surface area contributed by atoms with Crippen molar-refractivity contribution in [2.24, 2.45) is 0 Å². The average Bonchev–Trinajstić information content (AvgIpc) is 2.22. The zero-order chi connectivity index (χ0) is 11.9. The van der Waals surface area contributed by atoms with Gasteiger partial charge < -0.3 is 10.8 Å². The molecule has 5 nitrogen and oxygen atoms in total. The van der Waals surface area contributed by atoms with Crippen molar-refractivity contribution in [3.05, 3.63) is 30.3 Å². The van der Waals surface area contributed by atoms with Crippen molar-refractivity contribution in [3.8, 4) is 5.75 Å². The number of nitrogen functional groups attached to an aromatic ring is 1. The summed E-state index contributed by atoms with van der Waals surface area (Å²) in [6, 6.07) is 6.58. The smallest absolute Gasteiger partial charge is 0.871 e. The van der Waals surface area contributed by atoms with Crippen molar-refractivity contribution in [1.29, 1.82) is 0 Å². The van der Waals surface area contributed by atoms with Gasteiger partial charge in [0.15, 0.2) is 0 Å². The number of nitrogens with two attached hydrogens (primary N) is 1. The van der Waals surface area contributed by atoms with Gasteiger partial charge >= 0.3 is 29.6 Å². The Morgan fingerprint density at radius 2 is 1.82 bits per heavy atom. The van der Waals surface area contributed by atoms with Gasteiger partial charge in [0.2, 0.25) is 0 Å². The van der Waals surface area contributed by atoms with Gasteiger partial charge in [-0.1, -0.05) is 23.9 Å². The summed E-state index contributed by atoms with van der Waals surface area (Å²) >= 11 is 0. The van der Waals surface area contributed by atoms with Gasteiger partial charge in [0.1, 0.15) is 0 Å². The normalized spacial score (nSPS) is 11.1. The van der Waals surface area contributed by atoms with E-state index in [2.05, 4.69) is 0 Å². The Morgan fingerprint density at radius 3 is 2.41 bits per heavy atom. The molecule has 0 saturated heterocycles. The molecule has 0 spiro atoms. The van der Waals surface area contributed by atoms with Crippen molar-refractivity contribution in [2.45, 2.75) is 4.90 Å². The van der Waals surface area contributed by atoms with E-state index in [0.29, 0.717) is 10.8 Å². The number of anilines is 1. The molecule has 0 aliphatic heterocycles. The molecule has 0 fully saturated rings. The Bertz CT molecular complexity index is 669. The van der Waals surface area contributed by atoms with Crippen LogP contribution < -0.4 is 40.4 Å². The van der Waals surface area contributed by atoms with Crippen molar-refractivity contribution < 1.29 is 47.6 Å². The predicted octanol–water partition coefficient (Wildman–Crippen LogP) is -2.25. The van der Waals surface area contributed by atoms with Crippen molar-refractivity contribution in [3.63, 3.8) is 0 Å². The number of benzene rings is 2. The predicted molar refractivity (Wildman–Crippen MR) is 57.6 cm³/mol. The largest absolute Gasteiger partial charge is 1.00 e. The maximum atomic E-state index is 11.2. The van der Waals surface area contributed by atoms with Gasteiger partial charge in [-0.2, -0.15) is 8.42 Å². The minimum atomic E-state index is -4.24. The fourth-order valence-electron chi connectivity index (χ4n) is 1.47. The van der Waals surface area contributed by atoms with Gasteiger partial charge in [0, 0.05) is 11.1 Å². The minimum absolute atomic E-state index is 0. The van der Waals surface area contributed by atoms with E-state index in [1.54, 1.807) is 0 Å². The average molecular weight is 261 g/mol. The van der Waals surface area contributed by atoms with Crippen LogP contribution in [0.4, 0.5) is 5.69 Å². The Hall–Kier alpha value is -0.790. The van der Waals surface area contributed by atoms with E-state index in [0.717, 1.165) is 0 Å². The summed E-state index contributed by atoms with van der Waals surface area (Å²) < 4.78 is 30.6. The third-order valence-electron chi connectivity index (χ3n) is 2.29. The fraction of sp³-hybridized carbons (Fsp3) is 0. The molecule has 2 aromatic carbocycles. The third kappa shape index (κ3) is 2.72. The molecule has 0 saturated carbocycles. The maximum absolute atomic E-state index is 11.2. The first kappa shape index (κ1) is 14.3. The van der Waals surface area contributed by atoms with Crippen LogP contribution in [-0.4, -0.2) is 13.0 Å². The second-order valence-corrected chi connectivity index (χ2v) is 4.76. The number of rotatable bonds is 1. The van der Waals surface area contributed by atoms with Crippen LogP contribution in [0, 0.1) is 0 Å². The van der Waals surface area contributed by atoms with E-state index in [1.165, 1.54) is 30.3 Å². The van der Waals surface area contributed by atoms with E-state index in [9.17, 15) is 13.5 Å². The summed E-state index contributed by atoms with van der Waals surface area (Å²) in [5.41, 5.74) is 5.62. The monoisotopic (exact) mass is 261 g/mol. The summed E-state index contributed by atoms with van der Waals surface area (Å²) in [6.07, 6.45) is 0. The van der Waals surface area contributed by atoms with E-state index in [4.69, 9.17) is 10.3 Å². The van der Waals surface area contributed by atoms with Gasteiger partial charge in [-0.05, 0) is 17.5 Å². The molecule has 84 valence electrons. The van der Waals surface area contributed by atoms with Crippen LogP contribution >= 0.6 is 0 Å². The molecule has 7 heteroatoms. The molecule has 0 amide bonds. The van der Waals surface area contributed by atoms with Gasteiger partial charge in [0.25, 0.3) is 10.1 Å². The van der Waals surface area contributed by atoms with Crippen LogP contribution in [0.3, 0.4) is 0 Å². The summed E-state index contributed by atoms with van der Waals surface area (Å²) in [6.45, 7) is 0. The van der Waals surface area contributed by atoms with Crippen LogP contribution in [0.1, 0.15) is 0 Å². The summed E-state index contributed by atoms with van der Waals surface area (Å²) in [5, 5.41) is 12.2. The van der Waals surface area contributed by atoms with Gasteiger partial charge in [0.05, 0.1) is 4.90 Å². The first-order chi connectivity index (χ1) is 7.39. The Morgan fingerprint density at radius 1 is 1.18 bits per heavy atom. The van der Waals surface area contributed by atoms with E-state index in [-0.39, 0.29) is 45.9 Å². The topological polar surface area (TPSA) is 103 Å². The Labute approximate surface area is 120 Å². The number of hydrogen-bond acceptors (Lipinski definition) is 4. The van der Waals surface area contributed by atoms with E-state index in [1.807, 2.05) is 0 Å². The third-order valence-corrected chi connectivity index (χ3v) is 3.14. The van der Waals surface area contributed by atoms with Crippen LogP contribution in [0.25, 0.3) is 10.8 Å². The Kier molecular flexibility index (Phi) is 4.06. The van der Waals surface area contributed by atoms with Crippen molar-refractivity contribution in [2.75, 3.05) is 5.73 Å². The quantitative estimate of drug-likeness (QED) is 0.343. The molecule has 3 N–H and O–H groups in total. The minimum Gasteiger partial charge on any atom is -0.871 e. The number of fused-ring (bicyclic) bond motifs is 1. The molecule has 0 atom stereocenters. The molecule has 0 bridgehead atoms. The molecule has 0 aromatic heterocycles. The second kappa shape index (κ2) is 4.83. The van der Waals surface area contributed by atoms with Crippen molar-refractivity contribution in [1.82, 2.24) is 0 Å². The standard InChI is InChI=1S/C10H9NO4S.Na/c11-10-8-3-2-7(16(13,14)15)5-6(8)1-4-9(10)12;/h1-5,12H,11H2,(H,13,14,15);/q;+1/p-1. The van der Waals surface area contributed by atoms with Crippen LogP contribution in [0.5, 0.6) is 5.75 Å². The van der Waals surface area contributed by atoms with Crippen molar-refractivity contribution >= 4 is 26.6 Å². The molecule has 0 heterocycles. The summed E-state index contributed by atoms with van der Waals surface area (Å²) in [5.74, 6) is -0.313. The molecule has 2 rings (SSSR count). The van der Waals surface area contributed by atoms with Crippen LogP contribution in [0.2, 0.25) is 0 Å². The van der Waals surface area contributed by atoms with E-state index >= 15 is 0 Å². The molecular formula is C10H8NNaO4S. The van der Waals surface area contributed by atoms with Gasteiger partial charge in [-0.3, -0.25) is 4.55 Å². The SMILES string of the molecule is Nc1c([O-])ccc2cc(S(=O)(=O)O)ccc12.[Na+]. The maximum Gasteiger partial charge on any atom is 1.00 e. The zero-order valence-corrected chi connectivity index (χ0v) is 11.9.